The summed E-state index contributed by atoms with van der Waals surface area (Å²) in [7, 11) is 0. The van der Waals surface area contributed by atoms with E-state index in [4.69, 9.17) is 10.5 Å². The van der Waals surface area contributed by atoms with Crippen LogP contribution in [0, 0.1) is 11.8 Å². The van der Waals surface area contributed by atoms with Crippen molar-refractivity contribution < 1.29 is 9.53 Å². The van der Waals surface area contributed by atoms with E-state index < -0.39 is 12.2 Å². The molecule has 0 radical (unpaired) electrons. The summed E-state index contributed by atoms with van der Waals surface area (Å²) >= 11 is 0. The summed E-state index contributed by atoms with van der Waals surface area (Å²) in [4.78, 5) is 29.2. The Hall–Kier alpha value is -2.76. The molecular formula is C20H23N3O3. The molecule has 1 aromatic heterocycles. The number of anilines is 1. The Balaban J connectivity index is 1.82. The lowest BCUT2D eigenvalue weighted by molar-refractivity contribution is 0.0542. The number of benzene rings is 1. The molecule has 0 saturated heterocycles. The van der Waals surface area contributed by atoms with Gasteiger partial charge in [-0.05, 0) is 30.4 Å². The number of aromatic amines is 1. The molecule has 0 bridgehead atoms. The fourth-order valence-corrected chi connectivity index (χ4v) is 4.29. The number of carbonyl (C=O) groups is 1. The molecule has 1 aliphatic carbocycles. The molecule has 1 amide bonds. The Morgan fingerprint density at radius 1 is 1.27 bits per heavy atom. The third kappa shape index (κ3) is 2.96. The molecule has 26 heavy (non-hydrogen) atoms. The van der Waals surface area contributed by atoms with E-state index >= 15 is 0 Å². The van der Waals surface area contributed by atoms with E-state index in [9.17, 15) is 9.59 Å². The lowest BCUT2D eigenvalue weighted by Crippen LogP contribution is -2.50. The van der Waals surface area contributed by atoms with Crippen LogP contribution in [-0.4, -0.2) is 17.1 Å². The average molecular weight is 353 g/mol. The van der Waals surface area contributed by atoms with Gasteiger partial charge in [0.05, 0.1) is 0 Å². The molecule has 136 valence electrons. The highest BCUT2D eigenvalue weighted by Gasteiger charge is 2.48. The van der Waals surface area contributed by atoms with E-state index in [1.807, 2.05) is 24.3 Å². The Morgan fingerprint density at radius 2 is 2.00 bits per heavy atom. The number of hydrogen-bond donors (Lipinski definition) is 2. The maximum Gasteiger partial charge on any atom is 0.405 e. The fraction of sp³-hybridized carbons (Fsp3) is 0.400. The molecule has 1 saturated carbocycles. The molecule has 2 aromatic rings. The van der Waals surface area contributed by atoms with Crippen LogP contribution in [0.3, 0.4) is 0 Å². The molecule has 3 N–H and O–H groups in total. The van der Waals surface area contributed by atoms with E-state index in [1.165, 1.54) is 0 Å². The minimum Gasteiger partial charge on any atom is -0.441 e. The number of ether oxygens (including phenoxy) is 1. The van der Waals surface area contributed by atoms with Crippen LogP contribution in [0.4, 0.5) is 10.5 Å². The molecule has 1 fully saturated rings. The topological polar surface area (TPSA) is 88.4 Å². The van der Waals surface area contributed by atoms with Crippen LogP contribution in [-0.2, 0) is 11.3 Å². The number of nitrogens with two attached hydrogens (primary N) is 1. The van der Waals surface area contributed by atoms with Gasteiger partial charge in [0.25, 0.3) is 5.56 Å². The van der Waals surface area contributed by atoms with Crippen LogP contribution in [0.5, 0.6) is 0 Å². The number of hydrogen-bond acceptors (Lipinski definition) is 4. The van der Waals surface area contributed by atoms with Crippen molar-refractivity contribution in [1.29, 1.82) is 0 Å². The molecule has 6 heteroatoms. The van der Waals surface area contributed by atoms with Gasteiger partial charge in [-0.3, -0.25) is 4.79 Å². The average Bonchev–Trinajstić information content (AvgIpc) is 3.44. The van der Waals surface area contributed by atoms with Gasteiger partial charge in [-0.2, -0.15) is 0 Å². The van der Waals surface area contributed by atoms with Crippen molar-refractivity contribution in [3.8, 4) is 0 Å². The highest BCUT2D eigenvalue weighted by atomic mass is 16.6. The van der Waals surface area contributed by atoms with Crippen molar-refractivity contribution in [3.63, 3.8) is 0 Å². The van der Waals surface area contributed by atoms with E-state index in [2.05, 4.69) is 28.9 Å². The number of rotatable bonds is 4. The molecular weight excluding hydrogens is 330 g/mol. The van der Waals surface area contributed by atoms with Crippen molar-refractivity contribution >= 4 is 11.8 Å². The molecule has 1 aromatic carbocycles. The Kier molecular flexibility index (Phi) is 4.18. The molecule has 2 aliphatic rings. The number of fused-ring (bicyclic) bond motifs is 1. The van der Waals surface area contributed by atoms with Gasteiger partial charge in [0.15, 0.2) is 0 Å². The summed E-state index contributed by atoms with van der Waals surface area (Å²) in [5, 5.41) is 0. The summed E-state index contributed by atoms with van der Waals surface area (Å²) in [6.45, 7) is 2.73. The van der Waals surface area contributed by atoms with Gasteiger partial charge in [-0.1, -0.05) is 37.3 Å². The minimum atomic E-state index is -0.806. The zero-order valence-corrected chi connectivity index (χ0v) is 14.7. The van der Waals surface area contributed by atoms with Crippen LogP contribution >= 0.6 is 0 Å². The SMILES string of the molecule is C[C@@H]1[C@@H](OC(N)=O)c2cc[nH]c(=O)c2N(Cc2ccccc2)[C@H]1C1CC1. The normalized spacial score (nSPS) is 24.8. The highest BCUT2D eigenvalue weighted by Crippen LogP contribution is 2.49. The lowest BCUT2D eigenvalue weighted by atomic mass is 9.82. The second-order valence-electron chi connectivity index (χ2n) is 7.27. The molecule has 3 atom stereocenters. The summed E-state index contributed by atoms with van der Waals surface area (Å²) in [6, 6.07) is 12.1. The second-order valence-corrected chi connectivity index (χ2v) is 7.27. The van der Waals surface area contributed by atoms with Crippen LogP contribution < -0.4 is 16.2 Å². The number of pyridine rings is 1. The monoisotopic (exact) mass is 353 g/mol. The first-order valence-corrected chi connectivity index (χ1v) is 9.04. The molecule has 6 nitrogen and oxygen atoms in total. The van der Waals surface area contributed by atoms with Gasteiger partial charge >= 0.3 is 6.09 Å². The largest absolute Gasteiger partial charge is 0.441 e. The van der Waals surface area contributed by atoms with Gasteiger partial charge in [0.1, 0.15) is 11.8 Å². The zero-order chi connectivity index (χ0) is 18.3. The summed E-state index contributed by atoms with van der Waals surface area (Å²) in [6.07, 6.45) is 2.55. The third-order valence-corrected chi connectivity index (χ3v) is 5.48. The highest BCUT2D eigenvalue weighted by molar-refractivity contribution is 5.66. The van der Waals surface area contributed by atoms with Gasteiger partial charge in [-0.25, -0.2) is 4.79 Å². The first-order valence-electron chi connectivity index (χ1n) is 9.04. The fourth-order valence-electron chi connectivity index (χ4n) is 4.29. The Morgan fingerprint density at radius 3 is 2.65 bits per heavy atom. The van der Waals surface area contributed by atoms with Gasteiger partial charge < -0.3 is 20.4 Å². The van der Waals surface area contributed by atoms with Crippen LogP contribution in [0.2, 0.25) is 0 Å². The Bertz CT molecular complexity index is 860. The predicted octanol–water partition coefficient (Wildman–Crippen LogP) is 2.95. The van der Waals surface area contributed by atoms with Gasteiger partial charge in [0, 0.05) is 30.3 Å². The quantitative estimate of drug-likeness (QED) is 0.884. The molecule has 0 spiro atoms. The van der Waals surface area contributed by atoms with Crippen molar-refractivity contribution in [2.24, 2.45) is 17.6 Å². The second kappa shape index (κ2) is 6.52. The number of nitrogens with zero attached hydrogens (tertiary/aromatic N) is 1. The van der Waals surface area contributed by atoms with E-state index in [1.54, 1.807) is 6.20 Å². The minimum absolute atomic E-state index is 0.0491. The third-order valence-electron chi connectivity index (χ3n) is 5.48. The Labute approximate surface area is 152 Å². The summed E-state index contributed by atoms with van der Waals surface area (Å²) < 4.78 is 5.45. The smallest absolute Gasteiger partial charge is 0.405 e. The molecule has 0 unspecified atom stereocenters. The summed E-state index contributed by atoms with van der Waals surface area (Å²) in [5.41, 5.74) is 7.63. The number of nitrogens with one attached hydrogen (secondary N) is 1. The maximum atomic E-state index is 12.7. The molecule has 2 heterocycles. The van der Waals surface area contributed by atoms with Crippen LogP contribution in [0.25, 0.3) is 0 Å². The van der Waals surface area contributed by atoms with Gasteiger partial charge in [0.2, 0.25) is 0 Å². The number of carbonyl (C=O) groups excluding carboxylic acids is 1. The number of primary amides is 1. The van der Waals surface area contributed by atoms with Crippen molar-refractivity contribution in [2.75, 3.05) is 4.90 Å². The van der Waals surface area contributed by atoms with Crippen molar-refractivity contribution in [3.05, 3.63) is 64.1 Å². The van der Waals surface area contributed by atoms with E-state index in [-0.39, 0.29) is 17.5 Å². The van der Waals surface area contributed by atoms with Gasteiger partial charge in [-0.15, -0.1) is 0 Å². The predicted molar refractivity (Wildman–Crippen MR) is 98.8 cm³/mol. The number of amides is 1. The maximum absolute atomic E-state index is 12.7. The van der Waals surface area contributed by atoms with Crippen LogP contribution in [0.15, 0.2) is 47.4 Å². The molecule has 4 rings (SSSR count). The summed E-state index contributed by atoms with van der Waals surface area (Å²) in [5.74, 6) is 0.549. The van der Waals surface area contributed by atoms with Crippen molar-refractivity contribution in [2.45, 2.75) is 38.5 Å². The lowest BCUT2D eigenvalue weighted by Gasteiger charge is -2.45. The molecule has 1 aliphatic heterocycles. The number of H-pyrrole nitrogens is 1. The van der Waals surface area contributed by atoms with Crippen molar-refractivity contribution in [1.82, 2.24) is 4.98 Å². The first-order chi connectivity index (χ1) is 12.6. The van der Waals surface area contributed by atoms with Crippen LogP contribution in [0.1, 0.15) is 37.0 Å². The zero-order valence-electron chi connectivity index (χ0n) is 14.7. The number of aromatic nitrogens is 1. The van der Waals surface area contributed by atoms with E-state index in [0.29, 0.717) is 18.2 Å². The standard InChI is InChI=1S/C20H23N3O3/c1-12-16(14-7-8-14)23(11-13-5-3-2-4-6-13)17-15(9-10-22-19(17)24)18(12)26-20(21)25/h2-6,9-10,12,14,16,18H,7-8,11H2,1H3,(H2,21,25)(H,22,24)/t12-,16+,18+/m0/s1. The van der Waals surface area contributed by atoms with E-state index in [0.717, 1.165) is 24.0 Å². The first kappa shape index (κ1) is 16.7.